The van der Waals surface area contributed by atoms with Crippen LogP contribution in [0.1, 0.15) is 0 Å². The second kappa shape index (κ2) is 9.72. The molecule has 0 saturated carbocycles. The zero-order valence-electron chi connectivity index (χ0n) is 25.0. The number of hydrogen-bond acceptors (Lipinski definition) is 1. The Morgan fingerprint density at radius 1 is 0.304 bits per heavy atom. The molecular formula is C45H27N. The van der Waals surface area contributed by atoms with E-state index in [1.165, 1.54) is 81.1 Å². The van der Waals surface area contributed by atoms with Crippen LogP contribution in [0.15, 0.2) is 164 Å². The van der Waals surface area contributed by atoms with Crippen LogP contribution >= 0.6 is 0 Å². The maximum Gasteiger partial charge on any atom is 0.0788 e. The van der Waals surface area contributed by atoms with Crippen molar-refractivity contribution in [2.24, 2.45) is 0 Å². The molecular weight excluding hydrogens is 555 g/mol. The van der Waals surface area contributed by atoms with E-state index < -0.39 is 0 Å². The summed E-state index contributed by atoms with van der Waals surface area (Å²) in [5, 5.41) is 16.2. The Balaban J connectivity index is 1.40. The van der Waals surface area contributed by atoms with Crippen LogP contribution in [-0.2, 0) is 0 Å². The summed E-state index contributed by atoms with van der Waals surface area (Å²) >= 11 is 0. The summed E-state index contributed by atoms with van der Waals surface area (Å²) in [5.41, 5.74) is 5.63. The summed E-state index contributed by atoms with van der Waals surface area (Å²) in [6.07, 6.45) is 0. The molecule has 0 aliphatic rings. The van der Waals surface area contributed by atoms with E-state index in [1.807, 2.05) is 0 Å². The normalized spacial score (nSPS) is 11.9. The highest BCUT2D eigenvalue weighted by molar-refractivity contribution is 6.28. The number of para-hydroxylation sites is 1. The van der Waals surface area contributed by atoms with Gasteiger partial charge in [0.25, 0.3) is 0 Å². The third kappa shape index (κ3) is 3.66. The number of rotatable bonds is 2. The molecule has 0 amide bonds. The van der Waals surface area contributed by atoms with Gasteiger partial charge in [0.15, 0.2) is 0 Å². The third-order valence-corrected chi connectivity index (χ3v) is 9.79. The zero-order chi connectivity index (χ0) is 30.2. The second-order valence-electron chi connectivity index (χ2n) is 12.3. The number of aromatic nitrogens is 1. The average Bonchev–Trinajstić information content (AvgIpc) is 3.13. The fourth-order valence-electron chi connectivity index (χ4n) is 7.68. The molecule has 0 spiro atoms. The number of benzene rings is 9. The molecule has 1 heteroatoms. The summed E-state index contributed by atoms with van der Waals surface area (Å²) in [4.78, 5) is 5.38. The predicted octanol–water partition coefficient (Wildman–Crippen LogP) is 12.5. The monoisotopic (exact) mass is 581 g/mol. The van der Waals surface area contributed by atoms with Crippen molar-refractivity contribution in [2.75, 3.05) is 0 Å². The zero-order valence-corrected chi connectivity index (χ0v) is 25.0. The SMILES string of the molecule is c1ccc2cc(-c3nc4ccccc4c4c3cc(-c3cc5c6ccccc6ccc5c5ccccc35)c3ccccc34)ccc2c1. The van der Waals surface area contributed by atoms with Gasteiger partial charge in [0.05, 0.1) is 11.2 Å². The molecule has 0 fully saturated rings. The molecule has 0 saturated heterocycles. The Morgan fingerprint density at radius 2 is 0.848 bits per heavy atom. The minimum atomic E-state index is 1.01. The highest BCUT2D eigenvalue weighted by Gasteiger charge is 2.19. The lowest BCUT2D eigenvalue weighted by molar-refractivity contribution is 1.43. The van der Waals surface area contributed by atoms with Crippen LogP contribution < -0.4 is 0 Å². The molecule has 9 aromatic carbocycles. The molecule has 1 heterocycles. The van der Waals surface area contributed by atoms with Crippen molar-refractivity contribution >= 4 is 75.5 Å². The highest BCUT2D eigenvalue weighted by atomic mass is 14.7. The first-order valence-corrected chi connectivity index (χ1v) is 15.9. The highest BCUT2D eigenvalue weighted by Crippen LogP contribution is 2.45. The molecule has 0 aliphatic carbocycles. The van der Waals surface area contributed by atoms with E-state index in [0.717, 1.165) is 16.8 Å². The Hall–Kier alpha value is -6.05. The Bertz CT molecular complexity index is 2860. The summed E-state index contributed by atoms with van der Waals surface area (Å²) in [6.45, 7) is 0. The van der Waals surface area contributed by atoms with E-state index in [1.54, 1.807) is 0 Å². The van der Waals surface area contributed by atoms with Crippen molar-refractivity contribution in [1.82, 2.24) is 4.98 Å². The molecule has 0 atom stereocenters. The van der Waals surface area contributed by atoms with Gasteiger partial charge in [-0.3, -0.25) is 0 Å². The van der Waals surface area contributed by atoms with Crippen molar-refractivity contribution in [3.05, 3.63) is 164 Å². The van der Waals surface area contributed by atoms with Gasteiger partial charge < -0.3 is 0 Å². The first kappa shape index (κ1) is 25.3. The average molecular weight is 582 g/mol. The molecule has 0 radical (unpaired) electrons. The molecule has 10 rings (SSSR count). The fraction of sp³-hybridized carbons (Fsp3) is 0. The molecule has 212 valence electrons. The summed E-state index contributed by atoms with van der Waals surface area (Å²) in [7, 11) is 0. The molecule has 0 N–H and O–H groups in total. The van der Waals surface area contributed by atoms with Gasteiger partial charge in [0.2, 0.25) is 0 Å². The molecule has 46 heavy (non-hydrogen) atoms. The molecule has 1 aromatic heterocycles. The van der Waals surface area contributed by atoms with Gasteiger partial charge in [-0.2, -0.15) is 0 Å². The van der Waals surface area contributed by atoms with E-state index in [4.69, 9.17) is 4.98 Å². The van der Waals surface area contributed by atoms with Crippen molar-refractivity contribution in [3.8, 4) is 22.4 Å². The van der Waals surface area contributed by atoms with Crippen LogP contribution in [0.4, 0.5) is 0 Å². The maximum absolute atomic E-state index is 5.38. The predicted molar refractivity (Wildman–Crippen MR) is 198 cm³/mol. The minimum absolute atomic E-state index is 1.01. The van der Waals surface area contributed by atoms with E-state index >= 15 is 0 Å². The topological polar surface area (TPSA) is 12.9 Å². The summed E-state index contributed by atoms with van der Waals surface area (Å²) in [5.74, 6) is 0. The number of nitrogens with zero attached hydrogens (tertiary/aromatic N) is 1. The van der Waals surface area contributed by atoms with Gasteiger partial charge in [-0.05, 0) is 89.3 Å². The van der Waals surface area contributed by atoms with Crippen LogP contribution in [0.25, 0.3) is 97.9 Å². The van der Waals surface area contributed by atoms with Gasteiger partial charge in [-0.25, -0.2) is 4.98 Å². The lowest BCUT2D eigenvalue weighted by Gasteiger charge is -2.18. The first-order valence-electron chi connectivity index (χ1n) is 15.9. The van der Waals surface area contributed by atoms with Crippen LogP contribution in [0.5, 0.6) is 0 Å². The van der Waals surface area contributed by atoms with Gasteiger partial charge in [-0.15, -0.1) is 0 Å². The Morgan fingerprint density at radius 3 is 1.65 bits per heavy atom. The van der Waals surface area contributed by atoms with Gasteiger partial charge >= 0.3 is 0 Å². The van der Waals surface area contributed by atoms with E-state index in [0.29, 0.717) is 0 Å². The van der Waals surface area contributed by atoms with Crippen molar-refractivity contribution in [2.45, 2.75) is 0 Å². The van der Waals surface area contributed by atoms with Crippen molar-refractivity contribution < 1.29 is 0 Å². The maximum atomic E-state index is 5.38. The van der Waals surface area contributed by atoms with Crippen LogP contribution in [0.3, 0.4) is 0 Å². The van der Waals surface area contributed by atoms with E-state index in [9.17, 15) is 0 Å². The lowest BCUT2D eigenvalue weighted by atomic mass is 9.86. The number of fused-ring (bicyclic) bond motifs is 11. The number of hydrogen-bond donors (Lipinski definition) is 0. The van der Waals surface area contributed by atoms with Crippen molar-refractivity contribution in [3.63, 3.8) is 0 Å². The third-order valence-electron chi connectivity index (χ3n) is 9.79. The quantitative estimate of drug-likeness (QED) is 0.185. The van der Waals surface area contributed by atoms with Crippen LogP contribution in [-0.4, -0.2) is 4.98 Å². The molecule has 0 unspecified atom stereocenters. The first-order chi connectivity index (χ1) is 22.8. The Kier molecular flexibility index (Phi) is 5.35. The van der Waals surface area contributed by atoms with Crippen LogP contribution in [0, 0.1) is 0 Å². The molecule has 1 nitrogen and oxygen atoms in total. The Labute approximate surface area is 266 Å². The van der Waals surface area contributed by atoms with Gasteiger partial charge in [0, 0.05) is 21.7 Å². The molecule has 0 bridgehead atoms. The van der Waals surface area contributed by atoms with Crippen LogP contribution in [0.2, 0.25) is 0 Å². The van der Waals surface area contributed by atoms with Gasteiger partial charge in [0.1, 0.15) is 0 Å². The van der Waals surface area contributed by atoms with Gasteiger partial charge in [-0.1, -0.05) is 140 Å². The summed E-state index contributed by atoms with van der Waals surface area (Å²) < 4.78 is 0. The number of pyridine rings is 1. The summed E-state index contributed by atoms with van der Waals surface area (Å²) in [6, 6.07) is 59.8. The minimum Gasteiger partial charge on any atom is -0.247 e. The van der Waals surface area contributed by atoms with E-state index in [2.05, 4.69) is 164 Å². The lowest BCUT2D eigenvalue weighted by Crippen LogP contribution is -1.94. The largest absolute Gasteiger partial charge is 0.247 e. The second-order valence-corrected chi connectivity index (χ2v) is 12.3. The smallest absolute Gasteiger partial charge is 0.0788 e. The standard InChI is InChI=1S/C45H27N/c1-2-13-30-25-31(22-21-28(30)11-1)45-42-27-41(35-17-7-8-18-37(35)44(42)38-19-9-10-20-43(38)46-45)40-26-39-32-14-4-3-12-29(32)23-24-36(39)33-15-5-6-16-34(33)40/h1-27H. The van der Waals surface area contributed by atoms with Crippen molar-refractivity contribution in [1.29, 1.82) is 0 Å². The van der Waals surface area contributed by atoms with E-state index in [-0.39, 0.29) is 0 Å². The molecule has 0 aliphatic heterocycles. The molecule has 10 aromatic rings. The fourth-order valence-corrected chi connectivity index (χ4v) is 7.68.